The number of pyridine rings is 1. The summed E-state index contributed by atoms with van der Waals surface area (Å²) in [5.74, 6) is -0.646. The highest BCUT2D eigenvalue weighted by Crippen LogP contribution is 1.98. The van der Waals surface area contributed by atoms with Crippen molar-refractivity contribution in [2.75, 3.05) is 0 Å². The third-order valence-corrected chi connectivity index (χ3v) is 2.36. The molecule has 3 nitrogen and oxygen atoms in total. The zero-order valence-electron chi connectivity index (χ0n) is 9.17. The number of hydrogen-bond donors (Lipinski definition) is 1. The molecular formula is C13H13ClN2O. The second kappa shape index (κ2) is 6.01. The smallest absolute Gasteiger partial charge is 0.173 e. The molecule has 1 aromatic carbocycles. The van der Waals surface area contributed by atoms with Crippen molar-refractivity contribution in [2.24, 2.45) is 0 Å². The second-order valence-corrected chi connectivity index (χ2v) is 3.57. The predicted molar refractivity (Wildman–Crippen MR) is 66.3 cm³/mol. The molecule has 0 saturated carbocycles. The van der Waals surface area contributed by atoms with Gasteiger partial charge < -0.3 is 10.5 Å². The molecule has 0 aliphatic rings. The van der Waals surface area contributed by atoms with Crippen molar-refractivity contribution in [3.63, 3.8) is 0 Å². The second-order valence-electron chi connectivity index (χ2n) is 3.57. The average Bonchev–Trinajstić information content (AvgIpc) is 2.31. The molecule has 0 spiro atoms. The third-order valence-electron chi connectivity index (χ3n) is 2.36. The zero-order valence-corrected chi connectivity index (χ0v) is 9.98. The zero-order chi connectivity index (χ0) is 11.4. The first-order valence-electron chi connectivity index (χ1n) is 5.05. The molecule has 0 fully saturated rings. The van der Waals surface area contributed by atoms with Crippen LogP contribution in [0.15, 0.2) is 54.9 Å². The SMILES string of the molecule is Cl.N=C([O-])c1cc[n+](Cc2ccccc2)cc1. The van der Waals surface area contributed by atoms with E-state index in [1.165, 1.54) is 5.56 Å². The fourth-order valence-corrected chi connectivity index (χ4v) is 1.51. The van der Waals surface area contributed by atoms with Gasteiger partial charge in [-0.2, -0.15) is 0 Å². The topological polar surface area (TPSA) is 50.8 Å². The minimum Gasteiger partial charge on any atom is -0.859 e. The van der Waals surface area contributed by atoms with E-state index in [0.717, 1.165) is 6.54 Å². The van der Waals surface area contributed by atoms with E-state index >= 15 is 0 Å². The van der Waals surface area contributed by atoms with E-state index < -0.39 is 5.90 Å². The van der Waals surface area contributed by atoms with Crippen LogP contribution < -0.4 is 9.67 Å². The molecule has 17 heavy (non-hydrogen) atoms. The summed E-state index contributed by atoms with van der Waals surface area (Å²) >= 11 is 0. The number of hydrogen-bond acceptors (Lipinski definition) is 2. The first kappa shape index (κ1) is 13.2. The minimum atomic E-state index is -0.646. The van der Waals surface area contributed by atoms with E-state index in [4.69, 9.17) is 5.41 Å². The van der Waals surface area contributed by atoms with Crippen LogP contribution in [-0.2, 0) is 6.54 Å². The van der Waals surface area contributed by atoms with Gasteiger partial charge in [-0.1, -0.05) is 30.3 Å². The van der Waals surface area contributed by atoms with Crippen LogP contribution in [0.2, 0.25) is 0 Å². The number of rotatable bonds is 3. The van der Waals surface area contributed by atoms with E-state index in [1.807, 2.05) is 35.2 Å². The fraction of sp³-hybridized carbons (Fsp3) is 0.0769. The molecule has 2 aromatic rings. The number of halogens is 1. The Balaban J connectivity index is 0.00000144. The molecule has 0 atom stereocenters. The summed E-state index contributed by atoms with van der Waals surface area (Å²) in [5.41, 5.74) is 1.63. The normalized spacial score (nSPS) is 9.41. The summed E-state index contributed by atoms with van der Waals surface area (Å²) in [5, 5.41) is 17.7. The lowest BCUT2D eigenvalue weighted by Gasteiger charge is -2.05. The summed E-state index contributed by atoms with van der Waals surface area (Å²) in [7, 11) is 0. The Morgan fingerprint density at radius 1 is 1.06 bits per heavy atom. The molecule has 2 rings (SSSR count). The van der Waals surface area contributed by atoms with Crippen LogP contribution in [0, 0.1) is 5.41 Å². The van der Waals surface area contributed by atoms with Crippen molar-refractivity contribution in [2.45, 2.75) is 6.54 Å². The lowest BCUT2D eigenvalue weighted by molar-refractivity contribution is -0.688. The first-order chi connectivity index (χ1) is 7.75. The lowest BCUT2D eigenvalue weighted by Crippen LogP contribution is -2.34. The average molecular weight is 249 g/mol. The number of nitrogens with one attached hydrogen (secondary N) is 1. The Labute approximate surface area is 106 Å². The Bertz CT molecular complexity index is 483. The van der Waals surface area contributed by atoms with Gasteiger partial charge in [0, 0.05) is 17.7 Å². The molecule has 0 aliphatic carbocycles. The molecule has 0 saturated heterocycles. The molecule has 0 aliphatic heterocycles. The van der Waals surface area contributed by atoms with Gasteiger partial charge in [0.2, 0.25) is 0 Å². The Morgan fingerprint density at radius 3 is 2.18 bits per heavy atom. The van der Waals surface area contributed by atoms with Crippen molar-refractivity contribution in [1.82, 2.24) is 0 Å². The van der Waals surface area contributed by atoms with E-state index in [9.17, 15) is 5.11 Å². The Hall–Kier alpha value is -1.87. The highest BCUT2D eigenvalue weighted by molar-refractivity contribution is 5.87. The van der Waals surface area contributed by atoms with Gasteiger partial charge in [0.05, 0.1) is 0 Å². The van der Waals surface area contributed by atoms with Crippen molar-refractivity contribution in [1.29, 1.82) is 5.41 Å². The van der Waals surface area contributed by atoms with Crippen molar-refractivity contribution >= 4 is 18.3 Å². The minimum absolute atomic E-state index is 0. The quantitative estimate of drug-likeness (QED) is 0.494. The fourth-order valence-electron chi connectivity index (χ4n) is 1.51. The molecule has 0 bridgehead atoms. The molecule has 0 radical (unpaired) electrons. The van der Waals surface area contributed by atoms with Crippen LogP contribution in [0.4, 0.5) is 0 Å². The molecule has 88 valence electrons. The Kier molecular flexibility index (Phi) is 4.67. The van der Waals surface area contributed by atoms with Gasteiger partial charge in [-0.05, 0) is 11.5 Å². The van der Waals surface area contributed by atoms with Crippen LogP contribution in [0.3, 0.4) is 0 Å². The molecule has 0 amide bonds. The van der Waals surface area contributed by atoms with Gasteiger partial charge in [0.15, 0.2) is 18.9 Å². The summed E-state index contributed by atoms with van der Waals surface area (Å²) in [4.78, 5) is 0. The molecule has 0 unspecified atom stereocenters. The highest BCUT2D eigenvalue weighted by atomic mass is 35.5. The molecule has 4 heteroatoms. The van der Waals surface area contributed by atoms with E-state index in [2.05, 4.69) is 12.1 Å². The summed E-state index contributed by atoms with van der Waals surface area (Å²) in [6.45, 7) is 0.771. The molecule has 1 heterocycles. The predicted octanol–water partition coefficient (Wildman–Crippen LogP) is 1.13. The van der Waals surface area contributed by atoms with Gasteiger partial charge in [0.25, 0.3) is 0 Å². The summed E-state index contributed by atoms with van der Waals surface area (Å²) < 4.78 is 1.97. The van der Waals surface area contributed by atoms with Gasteiger partial charge in [0.1, 0.15) is 0 Å². The van der Waals surface area contributed by atoms with Crippen LogP contribution in [0.25, 0.3) is 0 Å². The van der Waals surface area contributed by atoms with Crippen LogP contribution in [-0.4, -0.2) is 5.90 Å². The van der Waals surface area contributed by atoms with Crippen LogP contribution in [0.1, 0.15) is 11.1 Å². The van der Waals surface area contributed by atoms with Crippen molar-refractivity contribution < 1.29 is 9.67 Å². The van der Waals surface area contributed by atoms with Crippen molar-refractivity contribution in [3.05, 3.63) is 66.0 Å². The number of aromatic nitrogens is 1. The third kappa shape index (κ3) is 3.57. The summed E-state index contributed by atoms with van der Waals surface area (Å²) in [6, 6.07) is 13.4. The van der Waals surface area contributed by atoms with Crippen molar-refractivity contribution in [3.8, 4) is 0 Å². The number of benzene rings is 1. The van der Waals surface area contributed by atoms with Gasteiger partial charge in [-0.25, -0.2) is 4.57 Å². The van der Waals surface area contributed by atoms with E-state index in [-0.39, 0.29) is 12.4 Å². The monoisotopic (exact) mass is 248 g/mol. The molecular weight excluding hydrogens is 236 g/mol. The number of nitrogens with zero attached hydrogens (tertiary/aromatic N) is 1. The largest absolute Gasteiger partial charge is 0.859 e. The van der Waals surface area contributed by atoms with Gasteiger partial charge in [-0.3, -0.25) is 0 Å². The van der Waals surface area contributed by atoms with Gasteiger partial charge >= 0.3 is 0 Å². The molecule has 1 N–H and O–H groups in total. The van der Waals surface area contributed by atoms with Crippen LogP contribution in [0.5, 0.6) is 0 Å². The van der Waals surface area contributed by atoms with Crippen LogP contribution >= 0.6 is 12.4 Å². The highest BCUT2D eigenvalue weighted by Gasteiger charge is 2.01. The lowest BCUT2D eigenvalue weighted by atomic mass is 10.2. The van der Waals surface area contributed by atoms with E-state index in [0.29, 0.717) is 5.56 Å². The Morgan fingerprint density at radius 2 is 1.65 bits per heavy atom. The standard InChI is InChI=1S/C13H12N2O.ClH/c14-13(16)12-6-8-15(9-7-12)10-11-4-2-1-3-5-11;/h1-9H,10H2,(H-,14,16);1H. The first-order valence-corrected chi connectivity index (χ1v) is 5.05. The summed E-state index contributed by atoms with van der Waals surface area (Å²) in [6.07, 6.45) is 3.63. The van der Waals surface area contributed by atoms with Gasteiger partial charge in [-0.15, -0.1) is 12.4 Å². The maximum Gasteiger partial charge on any atom is 0.173 e. The molecule has 1 aromatic heterocycles. The maximum absolute atomic E-state index is 10.8. The maximum atomic E-state index is 10.8. The van der Waals surface area contributed by atoms with E-state index in [1.54, 1.807) is 12.1 Å².